The molecule has 3 aromatic rings. The van der Waals surface area contributed by atoms with Crippen LogP contribution in [0.25, 0.3) is 17.0 Å². The number of nitrogens with one attached hydrogen (secondary N) is 1. The van der Waals surface area contributed by atoms with E-state index >= 15 is 0 Å². The Labute approximate surface area is 184 Å². The van der Waals surface area contributed by atoms with E-state index in [4.69, 9.17) is 11.6 Å². The van der Waals surface area contributed by atoms with E-state index in [-0.39, 0.29) is 18.0 Å². The second-order valence-corrected chi connectivity index (χ2v) is 7.32. The number of esters is 1. The van der Waals surface area contributed by atoms with Crippen LogP contribution in [-0.2, 0) is 16.1 Å². The number of nitrogens with zero attached hydrogens (tertiary/aromatic N) is 2. The minimum absolute atomic E-state index is 0.163. The molecule has 0 bridgehead atoms. The SMILES string of the molecule is CCCN(Cc1nc2cc(Cl)ccc2c(=O)[nH]1)C(=O)/C=C/c1ccc(C(=O)OC)cc1. The van der Waals surface area contributed by atoms with Gasteiger partial charge in [-0.3, -0.25) is 9.59 Å². The van der Waals surface area contributed by atoms with Crippen molar-refractivity contribution in [3.63, 3.8) is 0 Å². The number of methoxy groups -OCH3 is 1. The highest BCUT2D eigenvalue weighted by Crippen LogP contribution is 2.15. The summed E-state index contributed by atoms with van der Waals surface area (Å²) in [5.74, 6) is -0.246. The average molecular weight is 440 g/mol. The number of fused-ring (bicyclic) bond motifs is 1. The highest BCUT2D eigenvalue weighted by atomic mass is 35.5. The Balaban J connectivity index is 1.77. The summed E-state index contributed by atoms with van der Waals surface area (Å²) in [6.07, 6.45) is 3.87. The number of benzene rings is 2. The molecule has 8 heteroatoms. The van der Waals surface area contributed by atoms with Crippen LogP contribution >= 0.6 is 11.6 Å². The number of aromatic amines is 1. The second kappa shape index (κ2) is 10.0. The summed E-state index contributed by atoms with van der Waals surface area (Å²) >= 11 is 6.01. The van der Waals surface area contributed by atoms with Gasteiger partial charge in [-0.2, -0.15) is 0 Å². The van der Waals surface area contributed by atoms with Crippen LogP contribution in [0, 0.1) is 0 Å². The molecule has 7 nitrogen and oxygen atoms in total. The first kappa shape index (κ1) is 22.2. The lowest BCUT2D eigenvalue weighted by atomic mass is 10.1. The first-order chi connectivity index (χ1) is 14.9. The lowest BCUT2D eigenvalue weighted by Crippen LogP contribution is -2.31. The van der Waals surface area contributed by atoms with Crippen LogP contribution in [0.4, 0.5) is 0 Å². The van der Waals surface area contributed by atoms with Crippen molar-refractivity contribution in [1.82, 2.24) is 14.9 Å². The van der Waals surface area contributed by atoms with Crippen LogP contribution < -0.4 is 5.56 Å². The maximum Gasteiger partial charge on any atom is 0.337 e. The third kappa shape index (κ3) is 5.58. The Morgan fingerprint density at radius 3 is 2.61 bits per heavy atom. The molecule has 31 heavy (non-hydrogen) atoms. The smallest absolute Gasteiger partial charge is 0.337 e. The van der Waals surface area contributed by atoms with Gasteiger partial charge in [-0.05, 0) is 48.4 Å². The minimum atomic E-state index is -0.418. The number of carbonyl (C=O) groups is 2. The second-order valence-electron chi connectivity index (χ2n) is 6.88. The first-order valence-corrected chi connectivity index (χ1v) is 10.1. The van der Waals surface area contributed by atoms with Gasteiger partial charge >= 0.3 is 5.97 Å². The van der Waals surface area contributed by atoms with Gasteiger partial charge in [0, 0.05) is 17.6 Å². The molecule has 1 amide bonds. The predicted octanol–water partition coefficient (Wildman–Crippen LogP) is 3.82. The van der Waals surface area contributed by atoms with E-state index in [1.165, 1.54) is 13.2 Å². The molecule has 0 saturated carbocycles. The summed E-state index contributed by atoms with van der Waals surface area (Å²) in [6, 6.07) is 11.6. The Morgan fingerprint density at radius 2 is 1.94 bits per heavy atom. The topological polar surface area (TPSA) is 92.4 Å². The lowest BCUT2D eigenvalue weighted by molar-refractivity contribution is -0.126. The quantitative estimate of drug-likeness (QED) is 0.446. The maximum atomic E-state index is 12.8. The molecule has 0 fully saturated rings. The van der Waals surface area contributed by atoms with Crippen LogP contribution in [0.3, 0.4) is 0 Å². The van der Waals surface area contributed by atoms with Crippen molar-refractivity contribution in [1.29, 1.82) is 0 Å². The van der Waals surface area contributed by atoms with Crippen molar-refractivity contribution in [2.75, 3.05) is 13.7 Å². The summed E-state index contributed by atoms with van der Waals surface area (Å²) in [5.41, 5.74) is 1.41. The molecule has 1 N–H and O–H groups in total. The number of hydrogen-bond donors (Lipinski definition) is 1. The Hall–Kier alpha value is -3.45. The molecule has 0 aliphatic rings. The van der Waals surface area contributed by atoms with E-state index in [0.29, 0.717) is 33.9 Å². The summed E-state index contributed by atoms with van der Waals surface area (Å²) in [6.45, 7) is 2.63. The zero-order valence-electron chi connectivity index (χ0n) is 17.2. The highest BCUT2D eigenvalue weighted by molar-refractivity contribution is 6.31. The van der Waals surface area contributed by atoms with Crippen molar-refractivity contribution < 1.29 is 14.3 Å². The fraction of sp³-hybridized carbons (Fsp3) is 0.217. The van der Waals surface area contributed by atoms with Crippen molar-refractivity contribution in [2.24, 2.45) is 0 Å². The molecule has 0 atom stereocenters. The zero-order chi connectivity index (χ0) is 22.4. The van der Waals surface area contributed by atoms with Gasteiger partial charge in [0.1, 0.15) is 5.82 Å². The fourth-order valence-electron chi connectivity index (χ4n) is 3.07. The van der Waals surface area contributed by atoms with Crippen LogP contribution in [0.2, 0.25) is 5.02 Å². The molecule has 2 aromatic carbocycles. The number of hydrogen-bond acceptors (Lipinski definition) is 5. The van der Waals surface area contributed by atoms with E-state index in [2.05, 4.69) is 14.7 Å². The van der Waals surface area contributed by atoms with Gasteiger partial charge < -0.3 is 14.6 Å². The van der Waals surface area contributed by atoms with E-state index in [0.717, 1.165) is 12.0 Å². The first-order valence-electron chi connectivity index (χ1n) is 9.75. The van der Waals surface area contributed by atoms with Gasteiger partial charge in [-0.25, -0.2) is 9.78 Å². The van der Waals surface area contributed by atoms with Gasteiger partial charge in [-0.1, -0.05) is 30.7 Å². The summed E-state index contributed by atoms with van der Waals surface area (Å²) < 4.78 is 4.67. The highest BCUT2D eigenvalue weighted by Gasteiger charge is 2.13. The van der Waals surface area contributed by atoms with Gasteiger partial charge in [-0.15, -0.1) is 0 Å². The largest absolute Gasteiger partial charge is 0.465 e. The van der Waals surface area contributed by atoms with Gasteiger partial charge in [0.05, 0.1) is 30.1 Å². The fourth-order valence-corrected chi connectivity index (χ4v) is 3.24. The monoisotopic (exact) mass is 439 g/mol. The average Bonchev–Trinajstić information content (AvgIpc) is 2.76. The summed E-state index contributed by atoms with van der Waals surface area (Å²) in [4.78, 5) is 45.4. The predicted molar refractivity (Wildman–Crippen MR) is 120 cm³/mol. The van der Waals surface area contributed by atoms with Crippen molar-refractivity contribution >= 4 is 40.5 Å². The molecule has 0 aliphatic heterocycles. The molecule has 1 aromatic heterocycles. The zero-order valence-corrected chi connectivity index (χ0v) is 18.0. The molecule has 0 unspecified atom stereocenters. The van der Waals surface area contributed by atoms with E-state index in [1.807, 2.05) is 6.92 Å². The van der Waals surface area contributed by atoms with E-state index in [9.17, 15) is 14.4 Å². The van der Waals surface area contributed by atoms with Crippen molar-refractivity contribution in [3.8, 4) is 0 Å². The third-order valence-electron chi connectivity index (χ3n) is 4.61. The summed E-state index contributed by atoms with van der Waals surface area (Å²) in [5, 5.41) is 0.927. The molecular weight excluding hydrogens is 418 g/mol. The maximum absolute atomic E-state index is 12.8. The number of ether oxygens (including phenoxy) is 1. The molecule has 1 heterocycles. The third-order valence-corrected chi connectivity index (χ3v) is 4.85. The Kier molecular flexibility index (Phi) is 7.20. The molecule has 160 valence electrons. The summed E-state index contributed by atoms with van der Waals surface area (Å²) in [7, 11) is 1.32. The van der Waals surface area contributed by atoms with Crippen molar-refractivity contribution in [3.05, 3.63) is 80.9 Å². The number of rotatable bonds is 7. The molecule has 0 saturated heterocycles. The van der Waals surface area contributed by atoms with E-state index in [1.54, 1.807) is 53.4 Å². The van der Waals surface area contributed by atoms with Crippen LogP contribution in [0.5, 0.6) is 0 Å². The van der Waals surface area contributed by atoms with Gasteiger partial charge in [0.25, 0.3) is 5.56 Å². The number of halogens is 1. The lowest BCUT2D eigenvalue weighted by Gasteiger charge is -2.20. The Bertz CT molecular complexity index is 1190. The number of aromatic nitrogens is 2. The standard InChI is InChI=1S/C23H22ClN3O4/c1-3-12-27(14-20-25-19-13-17(24)9-10-18(19)22(29)26-20)21(28)11-6-15-4-7-16(8-5-15)23(30)31-2/h4-11,13H,3,12,14H2,1-2H3,(H,25,26,29)/b11-6+. The number of amides is 1. The molecule has 0 radical (unpaired) electrons. The molecular formula is C23H22ClN3O4. The van der Waals surface area contributed by atoms with Crippen LogP contribution in [0.15, 0.2) is 53.3 Å². The minimum Gasteiger partial charge on any atom is -0.465 e. The Morgan fingerprint density at radius 1 is 1.19 bits per heavy atom. The molecule has 3 rings (SSSR count). The van der Waals surface area contributed by atoms with Gasteiger partial charge in [0.15, 0.2) is 0 Å². The molecule has 0 aliphatic carbocycles. The van der Waals surface area contributed by atoms with Crippen LogP contribution in [0.1, 0.15) is 35.1 Å². The van der Waals surface area contributed by atoms with E-state index < -0.39 is 5.97 Å². The van der Waals surface area contributed by atoms with Gasteiger partial charge in [0.2, 0.25) is 5.91 Å². The molecule has 0 spiro atoms. The van der Waals surface area contributed by atoms with Crippen LogP contribution in [-0.4, -0.2) is 40.4 Å². The van der Waals surface area contributed by atoms with Crippen molar-refractivity contribution in [2.45, 2.75) is 19.9 Å². The number of H-pyrrole nitrogens is 1. The normalized spacial score (nSPS) is 11.1. The number of carbonyl (C=O) groups excluding carboxylic acids is 2.